The molecule has 1 aromatic heterocycles. The van der Waals surface area contributed by atoms with Crippen LogP contribution in [0.1, 0.15) is 24.7 Å². The maximum Gasteiger partial charge on any atom is 0.0596 e. The third-order valence-electron chi connectivity index (χ3n) is 4.58. The van der Waals surface area contributed by atoms with Crippen molar-refractivity contribution >= 4 is 0 Å². The molecule has 0 amide bonds. The summed E-state index contributed by atoms with van der Waals surface area (Å²) < 4.78 is 2.02. The van der Waals surface area contributed by atoms with Crippen molar-refractivity contribution in [3.05, 3.63) is 17.5 Å². The molecule has 2 unspecified atom stereocenters. The number of nitrogens with zero attached hydrogens (tertiary/aromatic N) is 4. The summed E-state index contributed by atoms with van der Waals surface area (Å²) in [4.78, 5) is 4.96. The first kappa shape index (κ1) is 16.5. The lowest BCUT2D eigenvalue weighted by Crippen LogP contribution is -2.52. The van der Waals surface area contributed by atoms with E-state index in [9.17, 15) is 0 Å². The molecule has 5 heteroatoms. The van der Waals surface area contributed by atoms with Crippen LogP contribution in [0, 0.1) is 6.92 Å². The molecule has 1 aliphatic heterocycles. The standard InChI is InChI=1S/C16H31N5/c1-6-17-14(10-15-9-13(2)18-21(15)5)11-16-12-19(3)7-8-20(16)4/h9,14,16-17H,6-8,10-12H2,1-5H3. The molecule has 21 heavy (non-hydrogen) atoms. The molecule has 2 rings (SSSR count). The maximum absolute atomic E-state index is 4.47. The molecular formula is C16H31N5. The number of hydrogen-bond donors (Lipinski definition) is 1. The fraction of sp³-hybridized carbons (Fsp3) is 0.812. The van der Waals surface area contributed by atoms with Crippen LogP contribution in [0.3, 0.4) is 0 Å². The van der Waals surface area contributed by atoms with Crippen molar-refractivity contribution in [2.24, 2.45) is 7.05 Å². The van der Waals surface area contributed by atoms with Gasteiger partial charge in [0.15, 0.2) is 0 Å². The Labute approximate surface area is 129 Å². The smallest absolute Gasteiger partial charge is 0.0596 e. The van der Waals surface area contributed by atoms with Crippen LogP contribution in [-0.4, -0.2) is 71.9 Å². The van der Waals surface area contributed by atoms with Crippen LogP contribution >= 0.6 is 0 Å². The van der Waals surface area contributed by atoms with Gasteiger partial charge in [-0.3, -0.25) is 4.68 Å². The van der Waals surface area contributed by atoms with Gasteiger partial charge in [0.25, 0.3) is 0 Å². The zero-order valence-corrected chi connectivity index (χ0v) is 14.3. The third-order valence-corrected chi connectivity index (χ3v) is 4.58. The van der Waals surface area contributed by atoms with Crippen LogP contribution in [-0.2, 0) is 13.5 Å². The minimum Gasteiger partial charge on any atom is -0.314 e. The van der Waals surface area contributed by atoms with E-state index in [-0.39, 0.29) is 0 Å². The van der Waals surface area contributed by atoms with Gasteiger partial charge in [0.1, 0.15) is 0 Å². The predicted octanol–water partition coefficient (Wildman–Crippen LogP) is 0.885. The number of hydrogen-bond acceptors (Lipinski definition) is 4. The second-order valence-corrected chi connectivity index (χ2v) is 6.49. The molecule has 1 saturated heterocycles. The van der Waals surface area contributed by atoms with Gasteiger partial charge < -0.3 is 15.1 Å². The van der Waals surface area contributed by atoms with Gasteiger partial charge in [-0.1, -0.05) is 6.92 Å². The molecule has 120 valence electrons. The summed E-state index contributed by atoms with van der Waals surface area (Å²) in [7, 11) is 6.54. The Bertz CT molecular complexity index is 442. The summed E-state index contributed by atoms with van der Waals surface area (Å²) in [5.74, 6) is 0. The predicted molar refractivity (Wildman–Crippen MR) is 87.6 cm³/mol. The summed E-state index contributed by atoms with van der Waals surface area (Å²) in [6.45, 7) is 8.80. The lowest BCUT2D eigenvalue weighted by Gasteiger charge is -2.39. The van der Waals surface area contributed by atoms with Gasteiger partial charge in [0, 0.05) is 50.9 Å². The average molecular weight is 293 g/mol. The van der Waals surface area contributed by atoms with E-state index in [1.165, 1.54) is 31.7 Å². The lowest BCUT2D eigenvalue weighted by atomic mass is 9.99. The lowest BCUT2D eigenvalue weighted by molar-refractivity contribution is 0.101. The molecule has 1 N–H and O–H groups in total. The first-order valence-electron chi connectivity index (χ1n) is 8.11. The van der Waals surface area contributed by atoms with Crippen LogP contribution in [0.5, 0.6) is 0 Å². The van der Waals surface area contributed by atoms with Gasteiger partial charge in [-0.25, -0.2) is 0 Å². The Hall–Kier alpha value is -0.910. The second kappa shape index (κ2) is 7.38. The van der Waals surface area contributed by atoms with E-state index in [0.29, 0.717) is 12.1 Å². The SMILES string of the molecule is CCNC(Cc1cc(C)nn1C)CC1CN(C)CCN1C. The van der Waals surface area contributed by atoms with Crippen molar-refractivity contribution in [3.8, 4) is 0 Å². The Morgan fingerprint density at radius 3 is 2.71 bits per heavy atom. The molecule has 0 aromatic carbocycles. The van der Waals surface area contributed by atoms with Crippen LogP contribution in [0.4, 0.5) is 0 Å². The third kappa shape index (κ3) is 4.53. The van der Waals surface area contributed by atoms with E-state index >= 15 is 0 Å². The number of rotatable bonds is 6. The highest BCUT2D eigenvalue weighted by Crippen LogP contribution is 2.15. The highest BCUT2D eigenvalue weighted by atomic mass is 15.3. The monoisotopic (exact) mass is 293 g/mol. The maximum atomic E-state index is 4.47. The first-order valence-corrected chi connectivity index (χ1v) is 8.11. The highest BCUT2D eigenvalue weighted by Gasteiger charge is 2.25. The molecule has 2 heterocycles. The molecule has 1 aliphatic rings. The Morgan fingerprint density at radius 2 is 2.10 bits per heavy atom. The van der Waals surface area contributed by atoms with Crippen molar-refractivity contribution < 1.29 is 0 Å². The van der Waals surface area contributed by atoms with Crippen molar-refractivity contribution in [1.82, 2.24) is 24.9 Å². The number of nitrogens with one attached hydrogen (secondary N) is 1. The van der Waals surface area contributed by atoms with E-state index < -0.39 is 0 Å². The number of aryl methyl sites for hydroxylation is 2. The largest absolute Gasteiger partial charge is 0.314 e. The molecule has 0 radical (unpaired) electrons. The van der Waals surface area contributed by atoms with Crippen molar-refractivity contribution in [1.29, 1.82) is 0 Å². The summed E-state index contributed by atoms with van der Waals surface area (Å²) in [6.07, 6.45) is 2.25. The quantitative estimate of drug-likeness (QED) is 0.845. The summed E-state index contributed by atoms with van der Waals surface area (Å²) in [5.41, 5.74) is 2.43. The van der Waals surface area contributed by atoms with Gasteiger partial charge in [-0.15, -0.1) is 0 Å². The van der Waals surface area contributed by atoms with E-state index in [4.69, 9.17) is 0 Å². The fourth-order valence-electron chi connectivity index (χ4n) is 3.32. The van der Waals surface area contributed by atoms with Gasteiger partial charge in [0.05, 0.1) is 5.69 Å². The van der Waals surface area contributed by atoms with E-state index in [0.717, 1.165) is 18.7 Å². The van der Waals surface area contributed by atoms with Gasteiger partial charge in [-0.2, -0.15) is 5.10 Å². The molecular weight excluding hydrogens is 262 g/mol. The normalized spacial score (nSPS) is 22.6. The minimum absolute atomic E-state index is 0.517. The summed E-state index contributed by atoms with van der Waals surface area (Å²) in [6, 6.07) is 3.37. The van der Waals surface area contributed by atoms with Gasteiger partial charge in [-0.05, 0) is 40.1 Å². The molecule has 0 bridgehead atoms. The Balaban J connectivity index is 1.99. The summed E-state index contributed by atoms with van der Waals surface area (Å²) in [5, 5.41) is 8.13. The van der Waals surface area contributed by atoms with Crippen molar-refractivity contribution in [2.75, 3.05) is 40.3 Å². The van der Waals surface area contributed by atoms with E-state index in [2.05, 4.69) is 54.2 Å². The van der Waals surface area contributed by atoms with Crippen LogP contribution in [0.2, 0.25) is 0 Å². The topological polar surface area (TPSA) is 36.3 Å². The van der Waals surface area contributed by atoms with Crippen molar-refractivity contribution in [2.45, 2.75) is 38.8 Å². The van der Waals surface area contributed by atoms with E-state index in [1.807, 2.05) is 11.7 Å². The second-order valence-electron chi connectivity index (χ2n) is 6.49. The molecule has 5 nitrogen and oxygen atoms in total. The van der Waals surface area contributed by atoms with Crippen LogP contribution < -0.4 is 5.32 Å². The first-order chi connectivity index (χ1) is 9.99. The fourth-order valence-corrected chi connectivity index (χ4v) is 3.32. The van der Waals surface area contributed by atoms with Crippen LogP contribution in [0.25, 0.3) is 0 Å². The Kier molecular flexibility index (Phi) is 5.79. The molecule has 0 spiro atoms. The zero-order valence-electron chi connectivity index (χ0n) is 14.3. The van der Waals surface area contributed by atoms with Crippen LogP contribution in [0.15, 0.2) is 6.07 Å². The number of aromatic nitrogens is 2. The number of piperazine rings is 1. The molecule has 0 saturated carbocycles. The number of likely N-dealkylation sites (N-methyl/N-ethyl adjacent to an activating group) is 3. The van der Waals surface area contributed by atoms with Gasteiger partial charge >= 0.3 is 0 Å². The Morgan fingerprint density at radius 1 is 1.33 bits per heavy atom. The van der Waals surface area contributed by atoms with Gasteiger partial charge in [0.2, 0.25) is 0 Å². The average Bonchev–Trinajstić information content (AvgIpc) is 2.72. The zero-order chi connectivity index (χ0) is 15.4. The minimum atomic E-state index is 0.517. The molecule has 2 atom stereocenters. The molecule has 1 aromatic rings. The summed E-state index contributed by atoms with van der Waals surface area (Å²) >= 11 is 0. The van der Waals surface area contributed by atoms with E-state index in [1.54, 1.807) is 0 Å². The molecule has 1 fully saturated rings. The highest BCUT2D eigenvalue weighted by molar-refractivity contribution is 5.10. The van der Waals surface area contributed by atoms with Crippen molar-refractivity contribution in [3.63, 3.8) is 0 Å². The molecule has 0 aliphatic carbocycles.